The summed E-state index contributed by atoms with van der Waals surface area (Å²) in [5, 5.41) is 2.87. The van der Waals surface area contributed by atoms with Crippen molar-refractivity contribution in [2.75, 3.05) is 58.9 Å². The third-order valence-electron chi connectivity index (χ3n) is 5.13. The van der Waals surface area contributed by atoms with Crippen LogP contribution in [0.4, 0.5) is 5.69 Å². The fourth-order valence-corrected chi connectivity index (χ4v) is 4.82. The zero-order valence-electron chi connectivity index (χ0n) is 15.8. The average Bonchev–Trinajstić information content (AvgIpc) is 2.69. The summed E-state index contributed by atoms with van der Waals surface area (Å²) in [4.78, 5) is 15.0. The molecule has 0 radical (unpaired) electrons. The first kappa shape index (κ1) is 20.1. The van der Waals surface area contributed by atoms with Gasteiger partial charge in [0.1, 0.15) is 5.75 Å². The highest BCUT2D eigenvalue weighted by molar-refractivity contribution is 7.89. The average molecular weight is 397 g/mol. The lowest BCUT2D eigenvalue weighted by Gasteiger charge is -2.28. The van der Waals surface area contributed by atoms with Gasteiger partial charge in [0.05, 0.1) is 30.9 Å². The lowest BCUT2D eigenvalue weighted by atomic mass is 9.96. The molecule has 0 aliphatic carbocycles. The van der Waals surface area contributed by atoms with E-state index in [1.54, 1.807) is 6.07 Å². The molecule has 150 valence electrons. The minimum Gasteiger partial charge on any atom is -0.495 e. The van der Waals surface area contributed by atoms with Gasteiger partial charge >= 0.3 is 0 Å². The molecular weight excluding hydrogens is 370 g/mol. The van der Waals surface area contributed by atoms with Crippen molar-refractivity contribution in [1.29, 1.82) is 0 Å². The largest absolute Gasteiger partial charge is 0.495 e. The monoisotopic (exact) mass is 397 g/mol. The Morgan fingerprint density at radius 3 is 2.48 bits per heavy atom. The number of carbonyl (C=O) groups is 1. The SMILES string of the molecule is COc1ccc(S(=O)(=O)N2CCOCC2)cc1NC(=O)C1CCN(C)CC1. The summed E-state index contributed by atoms with van der Waals surface area (Å²) in [6.07, 6.45) is 1.58. The van der Waals surface area contributed by atoms with Crippen LogP contribution in [0.3, 0.4) is 0 Å². The number of piperidine rings is 1. The van der Waals surface area contributed by atoms with Gasteiger partial charge in [0, 0.05) is 19.0 Å². The highest BCUT2D eigenvalue weighted by Gasteiger charge is 2.28. The summed E-state index contributed by atoms with van der Waals surface area (Å²) in [7, 11) is -0.102. The first-order valence-electron chi connectivity index (χ1n) is 9.17. The fourth-order valence-electron chi connectivity index (χ4n) is 3.39. The van der Waals surface area contributed by atoms with E-state index in [9.17, 15) is 13.2 Å². The van der Waals surface area contributed by atoms with Crippen LogP contribution in [0.2, 0.25) is 0 Å². The molecule has 1 aromatic rings. The molecular formula is C18H27N3O5S. The van der Waals surface area contributed by atoms with E-state index in [2.05, 4.69) is 10.2 Å². The first-order valence-corrected chi connectivity index (χ1v) is 10.6. The molecule has 2 aliphatic heterocycles. The summed E-state index contributed by atoms with van der Waals surface area (Å²) in [6.45, 7) is 3.17. The van der Waals surface area contributed by atoms with Gasteiger partial charge in [0.15, 0.2) is 0 Å². The van der Waals surface area contributed by atoms with Crippen LogP contribution in [0.15, 0.2) is 23.1 Å². The minimum atomic E-state index is -3.64. The van der Waals surface area contributed by atoms with Gasteiger partial charge in [-0.05, 0) is 51.2 Å². The number of amides is 1. The Bertz CT molecular complexity index is 769. The van der Waals surface area contributed by atoms with Gasteiger partial charge in [-0.2, -0.15) is 4.31 Å². The van der Waals surface area contributed by atoms with E-state index < -0.39 is 10.0 Å². The molecule has 1 amide bonds. The number of anilines is 1. The van der Waals surface area contributed by atoms with Crippen LogP contribution >= 0.6 is 0 Å². The highest BCUT2D eigenvalue weighted by atomic mass is 32.2. The fraction of sp³-hybridized carbons (Fsp3) is 0.611. The van der Waals surface area contributed by atoms with E-state index >= 15 is 0 Å². The van der Waals surface area contributed by atoms with Gasteiger partial charge in [-0.1, -0.05) is 0 Å². The number of carbonyl (C=O) groups excluding carboxylic acids is 1. The van der Waals surface area contributed by atoms with Crippen molar-refractivity contribution in [1.82, 2.24) is 9.21 Å². The van der Waals surface area contributed by atoms with Gasteiger partial charge < -0.3 is 19.7 Å². The zero-order valence-corrected chi connectivity index (χ0v) is 16.6. The van der Waals surface area contributed by atoms with Crippen molar-refractivity contribution in [2.24, 2.45) is 5.92 Å². The molecule has 1 N–H and O–H groups in total. The van der Waals surface area contributed by atoms with Crippen molar-refractivity contribution in [2.45, 2.75) is 17.7 Å². The van der Waals surface area contributed by atoms with E-state index in [0.717, 1.165) is 25.9 Å². The summed E-state index contributed by atoms with van der Waals surface area (Å²) in [5.74, 6) is 0.268. The predicted octanol–water partition coefficient (Wildman–Crippen LogP) is 0.996. The summed E-state index contributed by atoms with van der Waals surface area (Å²) >= 11 is 0. The van der Waals surface area contributed by atoms with Crippen molar-refractivity contribution in [3.05, 3.63) is 18.2 Å². The standard InChI is InChI=1S/C18H27N3O5S/c1-20-7-5-14(6-8-20)18(22)19-16-13-15(3-4-17(16)25-2)27(23,24)21-9-11-26-12-10-21/h3-4,13-14H,5-12H2,1-2H3,(H,19,22). The van der Waals surface area contributed by atoms with Crippen LogP contribution < -0.4 is 10.1 Å². The van der Waals surface area contributed by atoms with Gasteiger partial charge in [0.25, 0.3) is 0 Å². The lowest BCUT2D eigenvalue weighted by Crippen LogP contribution is -2.40. The number of methoxy groups -OCH3 is 1. The number of sulfonamides is 1. The number of likely N-dealkylation sites (tertiary alicyclic amines) is 1. The predicted molar refractivity (Wildman–Crippen MR) is 101 cm³/mol. The number of rotatable bonds is 5. The molecule has 0 saturated carbocycles. The molecule has 0 atom stereocenters. The smallest absolute Gasteiger partial charge is 0.243 e. The normalized spacial score (nSPS) is 20.4. The van der Waals surface area contributed by atoms with Crippen LogP contribution in [0.5, 0.6) is 5.75 Å². The van der Waals surface area contributed by atoms with E-state index in [1.807, 2.05) is 7.05 Å². The maximum atomic E-state index is 12.9. The molecule has 9 heteroatoms. The maximum absolute atomic E-state index is 12.9. The van der Waals surface area contributed by atoms with Crippen LogP contribution in [-0.2, 0) is 19.6 Å². The summed E-state index contributed by atoms with van der Waals surface area (Å²) in [6, 6.07) is 4.57. The number of nitrogens with one attached hydrogen (secondary N) is 1. The molecule has 3 rings (SSSR count). The first-order chi connectivity index (χ1) is 12.9. The van der Waals surface area contributed by atoms with Crippen LogP contribution in [0.25, 0.3) is 0 Å². The number of ether oxygens (including phenoxy) is 2. The van der Waals surface area contributed by atoms with E-state index in [1.165, 1.54) is 23.5 Å². The Labute approximate surface area is 160 Å². The molecule has 2 heterocycles. The van der Waals surface area contributed by atoms with E-state index in [0.29, 0.717) is 37.7 Å². The van der Waals surface area contributed by atoms with Gasteiger partial charge in [-0.3, -0.25) is 4.79 Å². The Morgan fingerprint density at radius 1 is 1.19 bits per heavy atom. The third-order valence-corrected chi connectivity index (χ3v) is 7.02. The van der Waals surface area contributed by atoms with Gasteiger partial charge in [0.2, 0.25) is 15.9 Å². The van der Waals surface area contributed by atoms with Crippen LogP contribution in [-0.4, -0.2) is 77.1 Å². The summed E-state index contributed by atoms with van der Waals surface area (Å²) < 4.78 is 37.7. The number of morpholine rings is 1. The Morgan fingerprint density at radius 2 is 1.85 bits per heavy atom. The van der Waals surface area contributed by atoms with Crippen molar-refractivity contribution < 1.29 is 22.7 Å². The van der Waals surface area contributed by atoms with Crippen LogP contribution in [0.1, 0.15) is 12.8 Å². The highest BCUT2D eigenvalue weighted by Crippen LogP contribution is 2.30. The molecule has 2 aliphatic rings. The topological polar surface area (TPSA) is 88.2 Å². The number of hydrogen-bond donors (Lipinski definition) is 1. The second kappa shape index (κ2) is 8.55. The Kier molecular flexibility index (Phi) is 6.36. The number of benzene rings is 1. The Balaban J connectivity index is 1.80. The van der Waals surface area contributed by atoms with E-state index in [4.69, 9.17) is 9.47 Å². The molecule has 2 saturated heterocycles. The third kappa shape index (κ3) is 4.60. The van der Waals surface area contributed by atoms with Crippen molar-refractivity contribution >= 4 is 21.6 Å². The Hall–Kier alpha value is -1.68. The van der Waals surface area contributed by atoms with Crippen molar-refractivity contribution in [3.63, 3.8) is 0 Å². The van der Waals surface area contributed by atoms with Crippen LogP contribution in [0, 0.1) is 5.92 Å². The zero-order chi connectivity index (χ0) is 19.4. The minimum absolute atomic E-state index is 0.0783. The van der Waals surface area contributed by atoms with Gasteiger partial charge in [-0.25, -0.2) is 8.42 Å². The van der Waals surface area contributed by atoms with Gasteiger partial charge in [-0.15, -0.1) is 0 Å². The number of hydrogen-bond acceptors (Lipinski definition) is 6. The molecule has 0 bridgehead atoms. The molecule has 1 aromatic carbocycles. The molecule has 8 nitrogen and oxygen atoms in total. The number of nitrogens with zero attached hydrogens (tertiary/aromatic N) is 2. The second-order valence-corrected chi connectivity index (χ2v) is 8.88. The molecule has 0 spiro atoms. The molecule has 2 fully saturated rings. The lowest BCUT2D eigenvalue weighted by molar-refractivity contribution is -0.121. The second-order valence-electron chi connectivity index (χ2n) is 6.95. The maximum Gasteiger partial charge on any atom is 0.243 e. The van der Waals surface area contributed by atoms with Crippen molar-refractivity contribution in [3.8, 4) is 5.75 Å². The summed E-state index contributed by atoms with van der Waals surface area (Å²) in [5.41, 5.74) is 0.385. The molecule has 27 heavy (non-hydrogen) atoms. The molecule has 0 unspecified atom stereocenters. The van der Waals surface area contributed by atoms with E-state index in [-0.39, 0.29) is 16.7 Å². The molecule has 0 aromatic heterocycles. The quantitative estimate of drug-likeness (QED) is 0.797.